The van der Waals surface area contributed by atoms with Crippen molar-refractivity contribution < 1.29 is 19.1 Å². The van der Waals surface area contributed by atoms with Crippen LogP contribution in [-0.4, -0.2) is 41.0 Å². The number of hydrogen-bond donors (Lipinski definition) is 2. The molecule has 0 aromatic heterocycles. The molecule has 0 spiro atoms. The third-order valence-corrected chi connectivity index (χ3v) is 6.66. The summed E-state index contributed by atoms with van der Waals surface area (Å²) in [6.45, 7) is 11.1. The lowest BCUT2D eigenvalue weighted by Crippen LogP contribution is -2.50. The van der Waals surface area contributed by atoms with Crippen LogP contribution >= 0.6 is 0 Å². The quantitative estimate of drug-likeness (QED) is 0.273. The predicted molar refractivity (Wildman–Crippen MR) is 164 cm³/mol. The van der Waals surface area contributed by atoms with Crippen LogP contribution in [0.1, 0.15) is 71.6 Å². The van der Waals surface area contributed by atoms with Gasteiger partial charge in [0.2, 0.25) is 5.91 Å². The highest BCUT2D eigenvalue weighted by molar-refractivity contribution is 6.00. The van der Waals surface area contributed by atoms with Gasteiger partial charge in [0.25, 0.3) is 5.91 Å². The van der Waals surface area contributed by atoms with Gasteiger partial charge in [-0.3, -0.25) is 9.59 Å². The van der Waals surface area contributed by atoms with E-state index in [9.17, 15) is 14.4 Å². The van der Waals surface area contributed by atoms with E-state index >= 15 is 0 Å². The Morgan fingerprint density at radius 1 is 0.927 bits per heavy atom. The smallest absolute Gasteiger partial charge is 0.408 e. The van der Waals surface area contributed by atoms with Crippen molar-refractivity contribution in [2.24, 2.45) is 5.92 Å². The van der Waals surface area contributed by atoms with E-state index in [0.717, 1.165) is 17.2 Å². The van der Waals surface area contributed by atoms with Gasteiger partial charge in [-0.1, -0.05) is 68.3 Å². The number of amides is 3. The van der Waals surface area contributed by atoms with Crippen LogP contribution in [0, 0.1) is 18.3 Å². The molecule has 0 saturated carbocycles. The topological polar surface area (TPSA) is 87.7 Å². The van der Waals surface area contributed by atoms with Crippen molar-refractivity contribution in [2.45, 2.75) is 72.1 Å². The molecule has 3 aromatic carbocycles. The standard InChI is InChI=1S/C34H41N3O4/c1-8-25-13-11-12-16-29(25)31(32(39)36-28-20-19-26-14-9-10-15-27(26)21-28)37(24(4)18-17-23(2)3)30(38)22-35-33(40)41-34(5,6)7/h1,9-16,19-21,23-24,31H,17-18,22H2,2-7H3,(H,35,40)(H,36,39). The van der Waals surface area contributed by atoms with E-state index in [4.69, 9.17) is 11.2 Å². The third-order valence-electron chi connectivity index (χ3n) is 6.66. The molecule has 0 aliphatic carbocycles. The SMILES string of the molecule is C#Cc1ccccc1C(C(=O)Nc1ccc2ccccc2c1)N(C(=O)CNC(=O)OC(C)(C)C)C(C)CCC(C)C. The molecule has 41 heavy (non-hydrogen) atoms. The van der Waals surface area contributed by atoms with Crippen LogP contribution in [0.25, 0.3) is 10.8 Å². The lowest BCUT2D eigenvalue weighted by Gasteiger charge is -2.37. The van der Waals surface area contributed by atoms with Gasteiger partial charge in [0.05, 0.1) is 0 Å². The number of nitrogens with one attached hydrogen (secondary N) is 2. The summed E-state index contributed by atoms with van der Waals surface area (Å²) in [5.41, 5.74) is 0.937. The molecule has 3 rings (SSSR count). The number of fused-ring (bicyclic) bond motifs is 1. The molecule has 0 bridgehead atoms. The van der Waals surface area contributed by atoms with Crippen LogP contribution in [0.2, 0.25) is 0 Å². The maximum absolute atomic E-state index is 14.1. The Hall–Kier alpha value is -4.31. The summed E-state index contributed by atoms with van der Waals surface area (Å²) in [5, 5.41) is 7.61. The summed E-state index contributed by atoms with van der Waals surface area (Å²) < 4.78 is 5.32. The molecule has 2 unspecified atom stereocenters. The molecular weight excluding hydrogens is 514 g/mol. The molecule has 0 saturated heterocycles. The average Bonchev–Trinajstić information content (AvgIpc) is 2.92. The summed E-state index contributed by atoms with van der Waals surface area (Å²) >= 11 is 0. The van der Waals surface area contributed by atoms with Crippen molar-refractivity contribution in [1.82, 2.24) is 10.2 Å². The fourth-order valence-electron chi connectivity index (χ4n) is 4.67. The second-order valence-electron chi connectivity index (χ2n) is 11.7. The minimum absolute atomic E-state index is 0.330. The van der Waals surface area contributed by atoms with Crippen LogP contribution < -0.4 is 10.6 Å². The number of ether oxygens (including phenoxy) is 1. The predicted octanol–water partition coefficient (Wildman–Crippen LogP) is 6.68. The number of benzene rings is 3. The highest BCUT2D eigenvalue weighted by atomic mass is 16.6. The van der Waals surface area contributed by atoms with E-state index in [1.54, 1.807) is 49.9 Å². The average molecular weight is 556 g/mol. The monoisotopic (exact) mass is 555 g/mol. The first kappa shape index (κ1) is 31.2. The van der Waals surface area contributed by atoms with E-state index in [2.05, 4.69) is 30.4 Å². The van der Waals surface area contributed by atoms with Crippen molar-refractivity contribution in [2.75, 3.05) is 11.9 Å². The van der Waals surface area contributed by atoms with E-state index < -0.39 is 29.6 Å². The summed E-state index contributed by atoms with van der Waals surface area (Å²) in [6, 6.07) is 19.3. The number of carbonyl (C=O) groups excluding carboxylic acids is 3. The Morgan fingerprint density at radius 3 is 2.24 bits per heavy atom. The molecule has 2 N–H and O–H groups in total. The second kappa shape index (κ2) is 13.8. The maximum Gasteiger partial charge on any atom is 0.408 e. The molecule has 0 aliphatic heterocycles. The van der Waals surface area contributed by atoms with Gasteiger partial charge in [0.1, 0.15) is 18.2 Å². The zero-order valence-corrected chi connectivity index (χ0v) is 24.9. The summed E-state index contributed by atoms with van der Waals surface area (Å²) in [6.07, 6.45) is 6.65. The first-order chi connectivity index (χ1) is 19.4. The van der Waals surface area contributed by atoms with Gasteiger partial charge < -0.3 is 20.3 Å². The minimum Gasteiger partial charge on any atom is -0.444 e. The Balaban J connectivity index is 2.02. The number of rotatable bonds is 10. The van der Waals surface area contributed by atoms with Gasteiger partial charge in [-0.15, -0.1) is 6.42 Å². The van der Waals surface area contributed by atoms with Crippen LogP contribution in [0.3, 0.4) is 0 Å². The summed E-state index contributed by atoms with van der Waals surface area (Å²) in [5.74, 6) is 2.25. The fourth-order valence-corrected chi connectivity index (χ4v) is 4.67. The normalized spacial score (nSPS) is 12.7. The number of anilines is 1. The summed E-state index contributed by atoms with van der Waals surface area (Å²) in [4.78, 5) is 41.9. The van der Waals surface area contributed by atoms with Gasteiger partial charge in [0.15, 0.2) is 0 Å². The molecule has 2 atom stereocenters. The molecule has 7 heteroatoms. The maximum atomic E-state index is 14.1. The zero-order valence-electron chi connectivity index (χ0n) is 24.9. The van der Waals surface area contributed by atoms with Gasteiger partial charge >= 0.3 is 6.09 Å². The lowest BCUT2D eigenvalue weighted by atomic mass is 9.95. The molecule has 216 valence electrons. The molecule has 7 nitrogen and oxygen atoms in total. The van der Waals surface area contributed by atoms with Crippen molar-refractivity contribution in [1.29, 1.82) is 0 Å². The number of terminal acetylenes is 1. The molecule has 0 fully saturated rings. The van der Waals surface area contributed by atoms with Crippen molar-refractivity contribution >= 4 is 34.4 Å². The Bertz CT molecular complexity index is 1420. The second-order valence-corrected chi connectivity index (χ2v) is 11.7. The van der Waals surface area contributed by atoms with E-state index in [-0.39, 0.29) is 12.6 Å². The zero-order chi connectivity index (χ0) is 30.2. The van der Waals surface area contributed by atoms with Gasteiger partial charge in [0, 0.05) is 17.3 Å². The molecule has 0 aliphatic rings. The number of hydrogen-bond acceptors (Lipinski definition) is 4. The van der Waals surface area contributed by atoms with Gasteiger partial charge in [-0.2, -0.15) is 0 Å². The molecule has 3 amide bonds. The van der Waals surface area contributed by atoms with Crippen molar-refractivity contribution in [3.8, 4) is 12.3 Å². The first-order valence-corrected chi connectivity index (χ1v) is 14.0. The number of carbonyl (C=O) groups is 3. The highest BCUT2D eigenvalue weighted by Gasteiger charge is 2.36. The summed E-state index contributed by atoms with van der Waals surface area (Å²) in [7, 11) is 0. The number of nitrogens with zero attached hydrogens (tertiary/aromatic N) is 1. The van der Waals surface area contributed by atoms with Crippen LogP contribution in [0.15, 0.2) is 66.7 Å². The molecule has 0 heterocycles. The highest BCUT2D eigenvalue weighted by Crippen LogP contribution is 2.30. The van der Waals surface area contributed by atoms with Crippen molar-refractivity contribution in [3.05, 3.63) is 77.9 Å². The minimum atomic E-state index is -1.04. The van der Waals surface area contributed by atoms with Crippen LogP contribution in [0.5, 0.6) is 0 Å². The fraction of sp³-hybridized carbons (Fsp3) is 0.382. The van der Waals surface area contributed by atoms with E-state index in [1.165, 1.54) is 0 Å². The van der Waals surface area contributed by atoms with Crippen LogP contribution in [-0.2, 0) is 14.3 Å². The largest absolute Gasteiger partial charge is 0.444 e. The molecule has 0 radical (unpaired) electrons. The van der Waals surface area contributed by atoms with Gasteiger partial charge in [-0.05, 0) is 81.0 Å². The molecular formula is C34H41N3O4. The van der Waals surface area contributed by atoms with E-state index in [1.807, 2.05) is 49.4 Å². The Kier molecular flexibility index (Phi) is 10.5. The molecule has 3 aromatic rings. The first-order valence-electron chi connectivity index (χ1n) is 14.0. The number of alkyl carbamates (subject to hydrolysis) is 1. The van der Waals surface area contributed by atoms with Gasteiger partial charge in [-0.25, -0.2) is 4.79 Å². The van der Waals surface area contributed by atoms with E-state index in [0.29, 0.717) is 29.2 Å². The van der Waals surface area contributed by atoms with Crippen LogP contribution in [0.4, 0.5) is 10.5 Å². The third kappa shape index (κ3) is 8.84. The Morgan fingerprint density at radius 2 is 1.59 bits per heavy atom. The Labute approximate surface area is 243 Å². The lowest BCUT2D eigenvalue weighted by molar-refractivity contribution is -0.141. The van der Waals surface area contributed by atoms with Crippen molar-refractivity contribution in [3.63, 3.8) is 0 Å².